The fourth-order valence-electron chi connectivity index (χ4n) is 1.63. The summed E-state index contributed by atoms with van der Waals surface area (Å²) in [5.74, 6) is 0.832. The second-order valence-corrected chi connectivity index (χ2v) is 3.99. The van der Waals surface area contributed by atoms with Gasteiger partial charge in [-0.3, -0.25) is 9.78 Å². The van der Waals surface area contributed by atoms with Crippen molar-refractivity contribution in [3.05, 3.63) is 50.7 Å². The Labute approximate surface area is 108 Å². The quantitative estimate of drug-likeness (QED) is 0.750. The lowest BCUT2D eigenvalue weighted by Crippen LogP contribution is -2.27. The second kappa shape index (κ2) is 5.38. The molecule has 2 rings (SSSR count). The highest BCUT2D eigenvalue weighted by molar-refractivity contribution is 5.36. The summed E-state index contributed by atoms with van der Waals surface area (Å²) in [5.41, 5.74) is -0.218. The summed E-state index contributed by atoms with van der Waals surface area (Å²) in [5, 5.41) is 8.76. The lowest BCUT2D eigenvalue weighted by atomic mass is 10.1. The summed E-state index contributed by atoms with van der Waals surface area (Å²) < 4.78 is 5.07. The van der Waals surface area contributed by atoms with Crippen LogP contribution in [0.4, 0.5) is 5.82 Å². The van der Waals surface area contributed by atoms with Gasteiger partial charge in [-0.15, -0.1) is 5.10 Å². The predicted octanol–water partition coefficient (Wildman–Crippen LogP) is 0.640. The first kappa shape index (κ1) is 12.9. The van der Waals surface area contributed by atoms with Gasteiger partial charge in [0.15, 0.2) is 0 Å². The smallest absolute Gasteiger partial charge is 0.342 e. The van der Waals surface area contributed by atoms with Crippen LogP contribution in [0.2, 0.25) is 0 Å². The SMILES string of the molecule is COc1ccc(C(C)Nc2n[nH]c(=O)[nH]c2=O)cc1. The molecule has 1 aromatic carbocycles. The third-order valence-electron chi connectivity index (χ3n) is 2.68. The van der Waals surface area contributed by atoms with Gasteiger partial charge in [0.25, 0.3) is 5.56 Å². The predicted molar refractivity (Wildman–Crippen MR) is 70.5 cm³/mol. The Morgan fingerprint density at radius 3 is 2.53 bits per heavy atom. The van der Waals surface area contributed by atoms with Gasteiger partial charge < -0.3 is 10.1 Å². The number of ether oxygens (including phenoxy) is 1. The monoisotopic (exact) mass is 262 g/mol. The molecule has 100 valence electrons. The van der Waals surface area contributed by atoms with Gasteiger partial charge >= 0.3 is 5.69 Å². The van der Waals surface area contributed by atoms with Crippen LogP contribution in [0, 0.1) is 0 Å². The first-order chi connectivity index (χ1) is 9.10. The molecule has 1 aromatic heterocycles. The number of rotatable bonds is 4. The lowest BCUT2D eigenvalue weighted by Gasteiger charge is -2.14. The van der Waals surface area contributed by atoms with Crippen LogP contribution in [0.25, 0.3) is 0 Å². The van der Waals surface area contributed by atoms with E-state index in [-0.39, 0.29) is 11.9 Å². The fourth-order valence-corrected chi connectivity index (χ4v) is 1.63. The van der Waals surface area contributed by atoms with Crippen molar-refractivity contribution in [2.24, 2.45) is 0 Å². The molecular formula is C12H14N4O3. The molecule has 1 unspecified atom stereocenters. The standard InChI is InChI=1S/C12H14N4O3/c1-7(8-3-5-9(19-2)6-4-8)13-10-11(17)14-12(18)16-15-10/h3-7H,1-2H3,(H,13,15)(H2,14,16,17,18). The highest BCUT2D eigenvalue weighted by Gasteiger charge is 2.09. The molecule has 2 aromatic rings. The van der Waals surface area contributed by atoms with Crippen molar-refractivity contribution in [1.29, 1.82) is 0 Å². The summed E-state index contributed by atoms with van der Waals surface area (Å²) in [4.78, 5) is 24.4. The molecule has 1 heterocycles. The summed E-state index contributed by atoms with van der Waals surface area (Å²) in [6.45, 7) is 1.88. The number of anilines is 1. The van der Waals surface area contributed by atoms with Crippen molar-refractivity contribution in [2.45, 2.75) is 13.0 Å². The van der Waals surface area contributed by atoms with Crippen LogP contribution < -0.4 is 21.3 Å². The Bertz CT molecular complexity index is 660. The molecule has 0 saturated heterocycles. The van der Waals surface area contributed by atoms with E-state index in [1.165, 1.54) is 0 Å². The molecule has 0 aliphatic heterocycles. The Kier molecular flexibility index (Phi) is 3.65. The Hall–Kier alpha value is -2.57. The highest BCUT2D eigenvalue weighted by Crippen LogP contribution is 2.19. The van der Waals surface area contributed by atoms with Crippen LogP contribution in [-0.2, 0) is 0 Å². The van der Waals surface area contributed by atoms with Crippen molar-refractivity contribution in [3.8, 4) is 5.75 Å². The first-order valence-corrected chi connectivity index (χ1v) is 5.69. The van der Waals surface area contributed by atoms with Crippen LogP contribution in [0.5, 0.6) is 5.75 Å². The number of methoxy groups -OCH3 is 1. The Morgan fingerprint density at radius 1 is 1.26 bits per heavy atom. The summed E-state index contributed by atoms with van der Waals surface area (Å²) in [7, 11) is 1.60. The number of aromatic amines is 2. The number of nitrogens with one attached hydrogen (secondary N) is 3. The maximum absolute atomic E-state index is 11.5. The van der Waals surface area contributed by atoms with E-state index in [1.54, 1.807) is 7.11 Å². The van der Waals surface area contributed by atoms with Crippen LogP contribution in [0.1, 0.15) is 18.5 Å². The Morgan fingerprint density at radius 2 is 1.95 bits per heavy atom. The Balaban J connectivity index is 2.17. The normalized spacial score (nSPS) is 11.9. The van der Waals surface area contributed by atoms with E-state index in [0.29, 0.717) is 0 Å². The minimum Gasteiger partial charge on any atom is -0.497 e. The van der Waals surface area contributed by atoms with Crippen LogP contribution in [-0.4, -0.2) is 22.3 Å². The van der Waals surface area contributed by atoms with Gasteiger partial charge in [-0.05, 0) is 24.6 Å². The summed E-state index contributed by atoms with van der Waals surface area (Å²) >= 11 is 0. The molecule has 0 amide bonds. The van der Waals surface area contributed by atoms with Gasteiger partial charge in [0.1, 0.15) is 5.75 Å². The largest absolute Gasteiger partial charge is 0.497 e. The highest BCUT2D eigenvalue weighted by atomic mass is 16.5. The van der Waals surface area contributed by atoms with E-state index in [1.807, 2.05) is 31.2 Å². The van der Waals surface area contributed by atoms with Gasteiger partial charge in [-0.1, -0.05) is 12.1 Å². The number of aromatic nitrogens is 3. The van der Waals surface area contributed by atoms with Crippen molar-refractivity contribution >= 4 is 5.82 Å². The third kappa shape index (κ3) is 3.01. The minimum atomic E-state index is -0.632. The fraction of sp³-hybridized carbons (Fsp3) is 0.250. The number of nitrogens with zero attached hydrogens (tertiary/aromatic N) is 1. The average Bonchev–Trinajstić information content (AvgIpc) is 2.42. The van der Waals surface area contributed by atoms with E-state index in [9.17, 15) is 9.59 Å². The molecule has 1 atom stereocenters. The van der Waals surface area contributed by atoms with Crippen LogP contribution in [0.15, 0.2) is 33.9 Å². The molecule has 0 saturated carbocycles. The number of H-pyrrole nitrogens is 2. The number of hydrogen-bond acceptors (Lipinski definition) is 5. The lowest BCUT2D eigenvalue weighted by molar-refractivity contribution is 0.414. The van der Waals surface area contributed by atoms with Gasteiger partial charge in [-0.2, -0.15) is 0 Å². The van der Waals surface area contributed by atoms with Crippen molar-refractivity contribution < 1.29 is 4.74 Å². The molecule has 0 radical (unpaired) electrons. The zero-order chi connectivity index (χ0) is 13.8. The molecule has 19 heavy (non-hydrogen) atoms. The van der Waals surface area contributed by atoms with Crippen molar-refractivity contribution in [2.75, 3.05) is 12.4 Å². The molecule has 0 spiro atoms. The zero-order valence-corrected chi connectivity index (χ0v) is 10.6. The molecule has 7 nitrogen and oxygen atoms in total. The van der Waals surface area contributed by atoms with Gasteiger partial charge in [0.2, 0.25) is 5.82 Å². The van der Waals surface area contributed by atoms with E-state index in [0.717, 1.165) is 11.3 Å². The topological polar surface area (TPSA) is 99.9 Å². The molecule has 7 heteroatoms. The number of benzene rings is 1. The van der Waals surface area contributed by atoms with Crippen molar-refractivity contribution in [3.63, 3.8) is 0 Å². The molecule has 0 bridgehead atoms. The average molecular weight is 262 g/mol. The zero-order valence-electron chi connectivity index (χ0n) is 10.6. The molecule has 0 aliphatic rings. The van der Waals surface area contributed by atoms with E-state index in [4.69, 9.17) is 4.74 Å². The van der Waals surface area contributed by atoms with E-state index >= 15 is 0 Å². The van der Waals surface area contributed by atoms with Crippen LogP contribution in [0.3, 0.4) is 0 Å². The van der Waals surface area contributed by atoms with Gasteiger partial charge in [-0.25, -0.2) is 9.89 Å². The first-order valence-electron chi connectivity index (χ1n) is 5.69. The summed E-state index contributed by atoms with van der Waals surface area (Å²) in [6, 6.07) is 7.30. The van der Waals surface area contributed by atoms with E-state index in [2.05, 4.69) is 20.5 Å². The molecule has 0 aliphatic carbocycles. The molecule has 0 fully saturated rings. The second-order valence-electron chi connectivity index (χ2n) is 3.99. The number of hydrogen-bond donors (Lipinski definition) is 3. The summed E-state index contributed by atoms with van der Waals surface area (Å²) in [6.07, 6.45) is 0. The molecule has 3 N–H and O–H groups in total. The minimum absolute atomic E-state index is 0.0721. The maximum atomic E-state index is 11.5. The van der Waals surface area contributed by atoms with Crippen LogP contribution >= 0.6 is 0 Å². The molecular weight excluding hydrogens is 248 g/mol. The van der Waals surface area contributed by atoms with Crippen molar-refractivity contribution in [1.82, 2.24) is 15.2 Å². The maximum Gasteiger partial charge on any atom is 0.342 e. The third-order valence-corrected chi connectivity index (χ3v) is 2.68. The van der Waals surface area contributed by atoms with Gasteiger partial charge in [0, 0.05) is 0 Å². The van der Waals surface area contributed by atoms with Gasteiger partial charge in [0.05, 0.1) is 13.2 Å². The van der Waals surface area contributed by atoms with E-state index < -0.39 is 11.2 Å².